The molecule has 2 saturated carbocycles. The van der Waals surface area contributed by atoms with Crippen LogP contribution in [0.4, 0.5) is 0 Å². The quantitative estimate of drug-likeness (QED) is 0.479. The molecule has 33 heavy (non-hydrogen) atoms. The number of quaternary nitrogens is 1. The monoisotopic (exact) mass is 457 g/mol. The third kappa shape index (κ3) is 3.95. The molecule has 180 valence electrons. The average molecular weight is 458 g/mol. The second-order valence-corrected chi connectivity index (χ2v) is 10.8. The Labute approximate surface area is 195 Å². The van der Waals surface area contributed by atoms with E-state index in [-0.39, 0.29) is 23.9 Å². The van der Waals surface area contributed by atoms with Crippen LogP contribution in [0.1, 0.15) is 76.1 Å². The predicted molar refractivity (Wildman–Crippen MR) is 120 cm³/mol. The zero-order valence-electron chi connectivity index (χ0n) is 19.4. The van der Waals surface area contributed by atoms with Crippen LogP contribution in [0.15, 0.2) is 18.5 Å². The number of carbonyl (C=O) groups excluding carboxylic acids is 2. The number of hydrogen-bond acceptors (Lipinski definition) is 6. The molecule has 8 heteroatoms. The van der Waals surface area contributed by atoms with E-state index in [1.54, 1.807) is 18.5 Å². The average Bonchev–Trinajstić information content (AvgIpc) is 3.55. The normalized spacial score (nSPS) is 31.5. The van der Waals surface area contributed by atoms with Crippen LogP contribution >= 0.6 is 0 Å². The zero-order valence-corrected chi connectivity index (χ0v) is 19.4. The summed E-state index contributed by atoms with van der Waals surface area (Å²) in [5.41, 5.74) is 4.50. The molecule has 5 aliphatic rings. The molecule has 2 aliphatic carbocycles. The fraction of sp³-hybridized carbons (Fsp3) is 0.760. The van der Waals surface area contributed by atoms with Gasteiger partial charge in [0.15, 0.2) is 17.5 Å². The molecule has 0 spiro atoms. The summed E-state index contributed by atoms with van der Waals surface area (Å²) in [6.07, 6.45) is 12.5. The minimum absolute atomic E-state index is 0.00610. The number of amides is 1. The van der Waals surface area contributed by atoms with Gasteiger partial charge in [0.2, 0.25) is 6.04 Å². The topological polar surface area (TPSA) is 115 Å². The SMILES string of the molecule is NC(=O)C(c1ncccn1)[N+]12CCC(CC1)[C@@H](OC(=O)C(O)(C1CCCC1)C1CCCC1)C2. The number of nitrogens with zero attached hydrogens (tertiary/aromatic N) is 3. The maximum atomic E-state index is 13.7. The fourth-order valence-electron chi connectivity index (χ4n) is 7.39. The first-order valence-corrected chi connectivity index (χ1v) is 12.8. The number of ether oxygens (including phenoxy) is 1. The molecular weight excluding hydrogens is 420 g/mol. The highest BCUT2D eigenvalue weighted by molar-refractivity contribution is 5.81. The number of aromatic nitrogens is 2. The van der Waals surface area contributed by atoms with Gasteiger partial charge in [0.25, 0.3) is 5.91 Å². The summed E-state index contributed by atoms with van der Waals surface area (Å²) in [5.74, 6) is -0.189. The lowest BCUT2D eigenvalue weighted by Crippen LogP contribution is -2.68. The standard InChI is InChI=1S/C25H36N4O4/c26-22(30)21(23-27-12-5-13-28-23)29-14-10-17(11-15-29)20(16-29)33-24(31)25(32,18-6-1-2-7-18)19-8-3-4-9-19/h5,12-13,17-21,32H,1-4,6-11,14-16H2,(H-,26,30)/p+1/t17?,20-,21?,29?/m0/s1. The van der Waals surface area contributed by atoms with Gasteiger partial charge in [-0.15, -0.1) is 0 Å². The van der Waals surface area contributed by atoms with E-state index < -0.39 is 23.5 Å². The summed E-state index contributed by atoms with van der Waals surface area (Å²) in [6.45, 7) is 2.11. The smallest absolute Gasteiger partial charge is 0.339 e. The first-order chi connectivity index (χ1) is 15.9. The highest BCUT2D eigenvalue weighted by atomic mass is 16.6. The van der Waals surface area contributed by atoms with Gasteiger partial charge >= 0.3 is 5.97 Å². The van der Waals surface area contributed by atoms with E-state index in [4.69, 9.17) is 10.5 Å². The third-order valence-electron chi connectivity index (χ3n) is 9.15. The third-order valence-corrected chi connectivity index (χ3v) is 9.15. The maximum absolute atomic E-state index is 13.7. The van der Waals surface area contributed by atoms with Gasteiger partial charge in [-0.2, -0.15) is 0 Å². The van der Waals surface area contributed by atoms with Crippen molar-refractivity contribution in [3.05, 3.63) is 24.3 Å². The summed E-state index contributed by atoms with van der Waals surface area (Å²) >= 11 is 0. The Bertz CT molecular complexity index is 842. The molecular formula is C25H37N4O4+. The first-order valence-electron chi connectivity index (χ1n) is 12.8. The van der Waals surface area contributed by atoms with Gasteiger partial charge in [0.05, 0.1) is 13.1 Å². The van der Waals surface area contributed by atoms with Gasteiger partial charge in [-0.25, -0.2) is 14.8 Å². The molecule has 4 heterocycles. The first kappa shape index (κ1) is 22.7. The summed E-state index contributed by atoms with van der Waals surface area (Å²) in [6, 6.07) is 1.07. The predicted octanol–water partition coefficient (Wildman–Crippen LogP) is 2.27. The van der Waals surface area contributed by atoms with E-state index >= 15 is 0 Å². The van der Waals surface area contributed by atoms with E-state index in [0.29, 0.717) is 16.9 Å². The van der Waals surface area contributed by atoms with Crippen LogP contribution in [0.25, 0.3) is 0 Å². The summed E-state index contributed by atoms with van der Waals surface area (Å²) in [4.78, 5) is 34.9. The van der Waals surface area contributed by atoms with Crippen LogP contribution in [0, 0.1) is 17.8 Å². The molecule has 1 aromatic rings. The molecule has 1 unspecified atom stereocenters. The van der Waals surface area contributed by atoms with Crippen molar-refractivity contribution in [3.8, 4) is 0 Å². The minimum atomic E-state index is -1.38. The molecule has 2 bridgehead atoms. The minimum Gasteiger partial charge on any atom is -0.454 e. The van der Waals surface area contributed by atoms with E-state index in [0.717, 1.165) is 77.3 Å². The number of hydrogen-bond donors (Lipinski definition) is 2. The van der Waals surface area contributed by atoms with Gasteiger partial charge in [-0.1, -0.05) is 25.7 Å². The highest BCUT2D eigenvalue weighted by Crippen LogP contribution is 2.47. The van der Waals surface area contributed by atoms with Crippen LogP contribution in [0.2, 0.25) is 0 Å². The number of nitrogens with two attached hydrogens (primary N) is 1. The van der Waals surface area contributed by atoms with Gasteiger partial charge in [0.1, 0.15) is 6.54 Å². The largest absolute Gasteiger partial charge is 0.454 e. The Morgan fingerprint density at radius 2 is 1.55 bits per heavy atom. The van der Waals surface area contributed by atoms with Gasteiger partial charge in [0, 0.05) is 31.2 Å². The Balaban J connectivity index is 1.38. The lowest BCUT2D eigenvalue weighted by Gasteiger charge is -2.54. The van der Waals surface area contributed by atoms with Crippen LogP contribution in [-0.2, 0) is 14.3 Å². The number of fused-ring (bicyclic) bond motifs is 3. The van der Waals surface area contributed by atoms with Crippen molar-refractivity contribution < 1.29 is 23.9 Å². The van der Waals surface area contributed by atoms with Gasteiger partial charge in [-0.05, 0) is 43.6 Å². The molecule has 1 amide bonds. The van der Waals surface area contributed by atoms with Crippen molar-refractivity contribution in [2.24, 2.45) is 23.5 Å². The molecule has 8 nitrogen and oxygen atoms in total. The highest BCUT2D eigenvalue weighted by Gasteiger charge is 2.57. The number of piperidine rings is 3. The number of aliphatic hydroxyl groups is 1. The molecule has 2 atom stereocenters. The molecule has 5 fully saturated rings. The zero-order chi connectivity index (χ0) is 23.1. The van der Waals surface area contributed by atoms with Gasteiger partial charge in [-0.3, -0.25) is 4.79 Å². The number of primary amides is 1. The summed E-state index contributed by atoms with van der Waals surface area (Å²) in [5, 5.41) is 11.8. The van der Waals surface area contributed by atoms with E-state index in [1.165, 1.54) is 0 Å². The molecule has 3 aliphatic heterocycles. The maximum Gasteiger partial charge on any atom is 0.339 e. The Morgan fingerprint density at radius 3 is 2.06 bits per heavy atom. The molecule has 3 saturated heterocycles. The van der Waals surface area contributed by atoms with Crippen molar-refractivity contribution in [2.75, 3.05) is 19.6 Å². The molecule has 0 radical (unpaired) electrons. The lowest BCUT2D eigenvalue weighted by molar-refractivity contribution is -0.965. The summed E-state index contributed by atoms with van der Waals surface area (Å²) in [7, 11) is 0. The molecule has 0 aromatic carbocycles. The Kier molecular flexibility index (Phi) is 6.16. The Hall–Kier alpha value is -2.06. The molecule has 3 N–H and O–H groups in total. The van der Waals surface area contributed by atoms with Crippen molar-refractivity contribution in [1.29, 1.82) is 0 Å². The van der Waals surface area contributed by atoms with E-state index in [1.807, 2.05) is 0 Å². The van der Waals surface area contributed by atoms with E-state index in [2.05, 4.69) is 9.97 Å². The second-order valence-electron chi connectivity index (χ2n) is 10.8. The molecule has 6 rings (SSSR count). The van der Waals surface area contributed by atoms with Crippen LogP contribution in [-0.4, -0.2) is 62.8 Å². The van der Waals surface area contributed by atoms with Crippen LogP contribution in [0.3, 0.4) is 0 Å². The number of rotatable bonds is 7. The Morgan fingerprint density at radius 1 is 1.00 bits per heavy atom. The van der Waals surface area contributed by atoms with Gasteiger partial charge < -0.3 is 20.1 Å². The van der Waals surface area contributed by atoms with Crippen LogP contribution < -0.4 is 5.73 Å². The van der Waals surface area contributed by atoms with Crippen molar-refractivity contribution in [2.45, 2.75) is 82.0 Å². The number of carbonyl (C=O) groups is 2. The van der Waals surface area contributed by atoms with Crippen molar-refractivity contribution in [1.82, 2.24) is 9.97 Å². The lowest BCUT2D eigenvalue weighted by atomic mass is 9.74. The van der Waals surface area contributed by atoms with Crippen LogP contribution in [0.5, 0.6) is 0 Å². The summed E-state index contributed by atoms with van der Waals surface area (Å²) < 4.78 is 6.64. The second kappa shape index (κ2) is 8.95. The fourth-order valence-corrected chi connectivity index (χ4v) is 7.39. The van der Waals surface area contributed by atoms with Crippen molar-refractivity contribution in [3.63, 3.8) is 0 Å². The number of esters is 1. The molecule has 1 aromatic heterocycles. The van der Waals surface area contributed by atoms with Crippen molar-refractivity contribution >= 4 is 11.9 Å². The van der Waals surface area contributed by atoms with E-state index in [9.17, 15) is 14.7 Å².